The molecular weight excluding hydrogens is 418 g/mol. The van der Waals surface area contributed by atoms with Crippen molar-refractivity contribution in [3.8, 4) is 11.5 Å². The zero-order chi connectivity index (χ0) is 22.1. The largest absolute Gasteiger partial charge is 0.507 e. The standard InChI is InChI=1S/C23H21NO6S/c1-13-6-8-18(30-13)20-19(21(25)16-11-14(28-2)7-9-17(16)29-3)22(26)23(27)24(20)12-15-5-4-10-31-15/h4-11,20,25H,12H2,1-3H3/b21-19+. The molecule has 0 spiro atoms. The van der Waals surface area contributed by atoms with Crippen molar-refractivity contribution in [2.75, 3.05) is 14.2 Å². The monoisotopic (exact) mass is 439 g/mol. The molecule has 0 aliphatic carbocycles. The third kappa shape index (κ3) is 3.70. The first-order chi connectivity index (χ1) is 14.9. The predicted molar refractivity (Wildman–Crippen MR) is 115 cm³/mol. The molecule has 1 aromatic carbocycles. The Hall–Kier alpha value is -3.52. The Morgan fingerprint density at radius 1 is 1.16 bits per heavy atom. The van der Waals surface area contributed by atoms with E-state index >= 15 is 0 Å². The van der Waals surface area contributed by atoms with E-state index in [2.05, 4.69) is 0 Å². The van der Waals surface area contributed by atoms with Crippen LogP contribution in [0.2, 0.25) is 0 Å². The van der Waals surface area contributed by atoms with Gasteiger partial charge >= 0.3 is 0 Å². The number of methoxy groups -OCH3 is 2. The molecule has 8 heteroatoms. The number of aryl methyl sites for hydroxylation is 1. The summed E-state index contributed by atoms with van der Waals surface area (Å²) in [5.74, 6) is 0.0284. The molecule has 4 rings (SSSR count). The lowest BCUT2D eigenvalue weighted by atomic mass is 9.98. The van der Waals surface area contributed by atoms with Crippen LogP contribution in [-0.2, 0) is 16.1 Å². The minimum Gasteiger partial charge on any atom is -0.507 e. The molecule has 0 saturated carbocycles. The number of aliphatic hydroxyl groups excluding tert-OH is 1. The van der Waals surface area contributed by atoms with E-state index < -0.39 is 17.7 Å². The zero-order valence-electron chi connectivity index (χ0n) is 17.2. The fourth-order valence-electron chi connectivity index (χ4n) is 3.65. The van der Waals surface area contributed by atoms with E-state index in [0.717, 1.165) is 4.88 Å². The molecule has 2 aromatic heterocycles. The van der Waals surface area contributed by atoms with Crippen LogP contribution in [0.15, 0.2) is 57.8 Å². The summed E-state index contributed by atoms with van der Waals surface area (Å²) >= 11 is 1.48. The highest BCUT2D eigenvalue weighted by atomic mass is 32.1. The van der Waals surface area contributed by atoms with Crippen LogP contribution in [0.25, 0.3) is 5.76 Å². The fraction of sp³-hybridized carbons (Fsp3) is 0.217. The van der Waals surface area contributed by atoms with Gasteiger partial charge in [0, 0.05) is 4.88 Å². The Bertz CT molecular complexity index is 1160. The van der Waals surface area contributed by atoms with Crippen LogP contribution in [0, 0.1) is 6.92 Å². The third-order valence-electron chi connectivity index (χ3n) is 5.14. The molecule has 7 nitrogen and oxygen atoms in total. The van der Waals surface area contributed by atoms with Crippen LogP contribution in [-0.4, -0.2) is 35.9 Å². The number of ketones is 1. The molecule has 3 aromatic rings. The second-order valence-corrected chi connectivity index (χ2v) is 8.05. The van der Waals surface area contributed by atoms with Gasteiger partial charge < -0.3 is 23.9 Å². The first kappa shape index (κ1) is 20.7. The number of amides is 1. The molecule has 1 amide bonds. The number of aliphatic hydroxyl groups is 1. The Morgan fingerprint density at radius 2 is 1.97 bits per heavy atom. The summed E-state index contributed by atoms with van der Waals surface area (Å²) in [6.45, 7) is 2.00. The predicted octanol–water partition coefficient (Wildman–Crippen LogP) is 4.29. The van der Waals surface area contributed by atoms with Crippen LogP contribution in [0.3, 0.4) is 0 Å². The van der Waals surface area contributed by atoms with E-state index in [1.807, 2.05) is 17.5 Å². The number of nitrogens with zero attached hydrogens (tertiary/aromatic N) is 1. The van der Waals surface area contributed by atoms with Crippen molar-refractivity contribution in [1.29, 1.82) is 0 Å². The van der Waals surface area contributed by atoms with Crippen molar-refractivity contribution in [2.45, 2.75) is 19.5 Å². The Balaban J connectivity index is 1.90. The second kappa shape index (κ2) is 8.31. The van der Waals surface area contributed by atoms with E-state index in [9.17, 15) is 14.7 Å². The maximum atomic E-state index is 13.1. The van der Waals surface area contributed by atoms with E-state index in [0.29, 0.717) is 23.0 Å². The number of likely N-dealkylation sites (tertiary alicyclic amines) is 1. The highest BCUT2D eigenvalue weighted by molar-refractivity contribution is 7.09. The van der Waals surface area contributed by atoms with Gasteiger partial charge in [0.25, 0.3) is 11.7 Å². The lowest BCUT2D eigenvalue weighted by Crippen LogP contribution is -2.28. The van der Waals surface area contributed by atoms with Gasteiger partial charge in [-0.3, -0.25) is 9.59 Å². The van der Waals surface area contributed by atoms with Gasteiger partial charge in [-0.2, -0.15) is 0 Å². The minimum atomic E-state index is -0.869. The summed E-state index contributed by atoms with van der Waals surface area (Å²) in [5, 5.41) is 13.1. The number of hydrogen-bond donors (Lipinski definition) is 1. The molecular formula is C23H21NO6S. The summed E-state index contributed by atoms with van der Waals surface area (Å²) in [7, 11) is 2.96. The molecule has 31 heavy (non-hydrogen) atoms. The van der Waals surface area contributed by atoms with Crippen molar-refractivity contribution in [3.05, 3.63) is 75.4 Å². The van der Waals surface area contributed by atoms with Gasteiger partial charge in [-0.05, 0) is 48.7 Å². The lowest BCUT2D eigenvalue weighted by molar-refractivity contribution is -0.140. The molecule has 160 valence electrons. The number of benzene rings is 1. The summed E-state index contributed by atoms with van der Waals surface area (Å²) in [6.07, 6.45) is 0. The number of rotatable bonds is 6. The number of furan rings is 1. The highest BCUT2D eigenvalue weighted by Gasteiger charge is 2.48. The number of Topliss-reactive ketones (excluding diaryl/α,β-unsaturated/α-hetero) is 1. The van der Waals surface area contributed by atoms with Gasteiger partial charge in [0.2, 0.25) is 0 Å². The summed E-state index contributed by atoms with van der Waals surface area (Å²) < 4.78 is 16.4. The fourth-order valence-corrected chi connectivity index (χ4v) is 4.36. The van der Waals surface area contributed by atoms with Crippen molar-refractivity contribution in [1.82, 2.24) is 4.90 Å². The molecule has 1 aliphatic heterocycles. The maximum Gasteiger partial charge on any atom is 0.296 e. The summed E-state index contributed by atoms with van der Waals surface area (Å²) in [6, 6.07) is 11.2. The number of carbonyl (C=O) groups is 2. The number of thiophene rings is 1. The van der Waals surface area contributed by atoms with E-state index in [4.69, 9.17) is 13.9 Å². The van der Waals surface area contributed by atoms with Gasteiger partial charge in [-0.1, -0.05) is 6.07 Å². The highest BCUT2D eigenvalue weighted by Crippen LogP contribution is 2.43. The molecule has 1 aliphatic rings. The van der Waals surface area contributed by atoms with Gasteiger partial charge in [0.15, 0.2) is 0 Å². The summed E-state index contributed by atoms with van der Waals surface area (Å²) in [5.41, 5.74) is 0.201. The quantitative estimate of drug-likeness (QED) is 0.350. The van der Waals surface area contributed by atoms with Crippen molar-refractivity contribution in [3.63, 3.8) is 0 Å². The summed E-state index contributed by atoms with van der Waals surface area (Å²) in [4.78, 5) is 28.4. The van der Waals surface area contributed by atoms with Crippen molar-refractivity contribution in [2.24, 2.45) is 0 Å². The SMILES string of the molecule is COc1ccc(OC)c(/C(O)=C2\C(=O)C(=O)N(Cc3cccs3)C2c2ccc(C)o2)c1. The second-order valence-electron chi connectivity index (χ2n) is 7.02. The number of carbonyl (C=O) groups excluding carboxylic acids is 2. The van der Waals surface area contributed by atoms with Crippen molar-refractivity contribution < 1.29 is 28.6 Å². The van der Waals surface area contributed by atoms with Crippen LogP contribution >= 0.6 is 11.3 Å². The molecule has 1 unspecified atom stereocenters. The molecule has 1 atom stereocenters. The Labute approximate surface area is 183 Å². The Morgan fingerprint density at radius 3 is 2.58 bits per heavy atom. The van der Waals surface area contributed by atoms with Gasteiger partial charge in [-0.25, -0.2) is 0 Å². The minimum absolute atomic E-state index is 0.0533. The van der Waals surface area contributed by atoms with Crippen LogP contribution in [0.5, 0.6) is 11.5 Å². The van der Waals surface area contributed by atoms with E-state index in [-0.39, 0.29) is 23.4 Å². The molecule has 1 N–H and O–H groups in total. The normalized spacial score (nSPS) is 17.9. The average Bonchev–Trinajstić information content (AvgIpc) is 3.50. The third-order valence-corrected chi connectivity index (χ3v) is 6.00. The van der Waals surface area contributed by atoms with E-state index in [1.54, 1.807) is 37.3 Å². The molecule has 1 saturated heterocycles. The van der Waals surface area contributed by atoms with Crippen LogP contribution in [0.1, 0.15) is 28.0 Å². The number of ether oxygens (including phenoxy) is 2. The lowest BCUT2D eigenvalue weighted by Gasteiger charge is -2.23. The van der Waals surface area contributed by atoms with Crippen molar-refractivity contribution >= 4 is 28.8 Å². The van der Waals surface area contributed by atoms with Gasteiger partial charge in [0.1, 0.15) is 34.8 Å². The number of hydrogen-bond acceptors (Lipinski definition) is 7. The first-order valence-corrected chi connectivity index (χ1v) is 10.4. The molecule has 1 fully saturated rings. The van der Waals surface area contributed by atoms with Gasteiger partial charge in [0.05, 0.1) is 31.9 Å². The van der Waals surface area contributed by atoms with E-state index in [1.165, 1.54) is 30.5 Å². The average molecular weight is 439 g/mol. The van der Waals surface area contributed by atoms with Crippen LogP contribution < -0.4 is 9.47 Å². The first-order valence-electron chi connectivity index (χ1n) is 9.54. The topological polar surface area (TPSA) is 89.2 Å². The molecule has 3 heterocycles. The molecule has 0 bridgehead atoms. The van der Waals surface area contributed by atoms with Gasteiger partial charge in [-0.15, -0.1) is 11.3 Å². The maximum absolute atomic E-state index is 13.1. The van der Waals surface area contributed by atoms with Crippen LogP contribution in [0.4, 0.5) is 0 Å². The zero-order valence-corrected chi connectivity index (χ0v) is 18.1. The Kier molecular flexibility index (Phi) is 5.56. The smallest absolute Gasteiger partial charge is 0.296 e. The molecule has 0 radical (unpaired) electrons.